The summed E-state index contributed by atoms with van der Waals surface area (Å²) in [5.74, 6) is 5.75. The maximum Gasteiger partial charge on any atom is 0.305 e. The van der Waals surface area contributed by atoms with Gasteiger partial charge in [0.1, 0.15) is 4.83 Å². The summed E-state index contributed by atoms with van der Waals surface area (Å²) in [6, 6.07) is 0. The molecule has 0 aromatic carbocycles. The number of hydrogen-bond donors (Lipinski definition) is 1. The van der Waals surface area contributed by atoms with E-state index in [0.717, 1.165) is 23.7 Å². The Balaban J connectivity index is 3.84. The molecule has 0 bridgehead atoms. The smallest absolute Gasteiger partial charge is 0.305 e. The van der Waals surface area contributed by atoms with Gasteiger partial charge in [0.05, 0.1) is 13.2 Å². The third-order valence-corrected chi connectivity index (χ3v) is 4.70. The minimum absolute atomic E-state index is 0.213. The van der Waals surface area contributed by atoms with E-state index in [1.807, 2.05) is 6.08 Å². The van der Waals surface area contributed by atoms with E-state index in [2.05, 4.69) is 70.4 Å². The summed E-state index contributed by atoms with van der Waals surface area (Å²) in [4.78, 5) is 12.5. The molecule has 0 radical (unpaired) electrons. The van der Waals surface area contributed by atoms with Gasteiger partial charge in [-0.1, -0.05) is 66.2 Å². The van der Waals surface area contributed by atoms with E-state index in [0.29, 0.717) is 25.7 Å². The van der Waals surface area contributed by atoms with Crippen LogP contribution in [0.1, 0.15) is 44.9 Å². The van der Waals surface area contributed by atoms with Gasteiger partial charge in [0.2, 0.25) is 0 Å². The van der Waals surface area contributed by atoms with Crippen LogP contribution < -0.4 is 0 Å². The molecular weight excluding hydrogens is 492 g/mol. The zero-order chi connectivity index (χ0) is 17.5. The van der Waals surface area contributed by atoms with E-state index in [9.17, 15) is 9.90 Å². The molecule has 0 aromatic rings. The minimum atomic E-state index is -0.474. The van der Waals surface area contributed by atoms with E-state index < -0.39 is 6.10 Å². The molecule has 0 amide bonds. The highest BCUT2D eigenvalue weighted by Crippen LogP contribution is 2.15. The van der Waals surface area contributed by atoms with E-state index in [1.165, 1.54) is 7.11 Å². The third kappa shape index (κ3) is 14.0. The largest absolute Gasteiger partial charge is 0.469 e. The predicted molar refractivity (Wildman–Crippen MR) is 106 cm³/mol. The van der Waals surface area contributed by atoms with Crippen molar-refractivity contribution in [3.05, 3.63) is 21.6 Å². The molecule has 0 rings (SSSR count). The number of methoxy groups -OCH3 is 1. The molecule has 23 heavy (non-hydrogen) atoms. The van der Waals surface area contributed by atoms with Crippen molar-refractivity contribution in [2.45, 2.75) is 55.9 Å². The number of allylic oxidation sites excluding steroid dienone is 3. The quantitative estimate of drug-likeness (QED) is 0.143. The second-order valence-electron chi connectivity index (χ2n) is 4.89. The molecule has 0 saturated carbocycles. The topological polar surface area (TPSA) is 46.5 Å². The molecule has 6 heteroatoms. The molecule has 0 heterocycles. The van der Waals surface area contributed by atoms with Crippen LogP contribution >= 0.6 is 47.8 Å². The monoisotopic (exact) mass is 512 g/mol. The molecule has 0 unspecified atom stereocenters. The lowest BCUT2D eigenvalue weighted by molar-refractivity contribution is -0.140. The van der Waals surface area contributed by atoms with Crippen LogP contribution in [-0.4, -0.2) is 29.1 Å². The summed E-state index contributed by atoms with van der Waals surface area (Å²) >= 11 is 10.1. The van der Waals surface area contributed by atoms with Gasteiger partial charge in [0.25, 0.3) is 0 Å². The van der Waals surface area contributed by atoms with Crippen molar-refractivity contribution in [3.63, 3.8) is 0 Å². The zero-order valence-electron chi connectivity index (χ0n) is 13.2. The van der Waals surface area contributed by atoms with Crippen LogP contribution in [0.25, 0.3) is 0 Å². The normalized spacial score (nSPS) is 14.2. The number of aliphatic hydroxyl groups is 1. The molecule has 2 atom stereocenters. The lowest BCUT2D eigenvalue weighted by Crippen LogP contribution is -2.18. The number of alkyl halides is 1. The summed E-state index contributed by atoms with van der Waals surface area (Å²) in [5, 5.41) is 10.0. The Morgan fingerprint density at radius 2 is 2.09 bits per heavy atom. The van der Waals surface area contributed by atoms with Crippen LogP contribution in [-0.2, 0) is 9.53 Å². The Labute approximate surface area is 164 Å². The van der Waals surface area contributed by atoms with Gasteiger partial charge >= 0.3 is 5.97 Å². The molecule has 1 N–H and O–H groups in total. The summed E-state index contributed by atoms with van der Waals surface area (Å²) in [5.41, 5.74) is 0. The van der Waals surface area contributed by atoms with Crippen LogP contribution in [0.2, 0.25) is 0 Å². The third-order valence-electron chi connectivity index (χ3n) is 3.00. The molecular formula is C17H23Br3O3. The maximum absolute atomic E-state index is 10.9. The zero-order valence-corrected chi connectivity index (χ0v) is 18.0. The first-order chi connectivity index (χ1) is 11.0. The van der Waals surface area contributed by atoms with Crippen molar-refractivity contribution in [3.8, 4) is 11.8 Å². The lowest BCUT2D eigenvalue weighted by Gasteiger charge is -2.11. The molecule has 0 spiro atoms. The van der Waals surface area contributed by atoms with E-state index in [1.54, 1.807) is 4.99 Å². The number of aliphatic hydroxyl groups excluding tert-OH is 1. The summed E-state index contributed by atoms with van der Waals surface area (Å²) in [6.45, 7) is 0. The number of hydrogen-bond acceptors (Lipinski definition) is 3. The van der Waals surface area contributed by atoms with Crippen molar-refractivity contribution in [2.24, 2.45) is 0 Å². The second-order valence-corrected chi connectivity index (χ2v) is 7.32. The van der Waals surface area contributed by atoms with Crippen LogP contribution in [0, 0.1) is 11.8 Å². The van der Waals surface area contributed by atoms with Crippen LogP contribution in [0.4, 0.5) is 0 Å². The Hall–Kier alpha value is -0.0900. The van der Waals surface area contributed by atoms with Crippen molar-refractivity contribution >= 4 is 53.8 Å². The van der Waals surface area contributed by atoms with Gasteiger partial charge in [-0.2, -0.15) is 0 Å². The number of halogens is 3. The molecule has 3 nitrogen and oxygen atoms in total. The van der Waals surface area contributed by atoms with E-state index in [4.69, 9.17) is 0 Å². The summed E-state index contributed by atoms with van der Waals surface area (Å²) in [7, 11) is 1.38. The highest BCUT2D eigenvalue weighted by Gasteiger charge is 2.12. The first kappa shape index (κ1) is 22.9. The van der Waals surface area contributed by atoms with Crippen molar-refractivity contribution in [2.75, 3.05) is 7.11 Å². The van der Waals surface area contributed by atoms with Gasteiger partial charge in [0.15, 0.2) is 0 Å². The first-order valence-electron chi connectivity index (χ1n) is 7.51. The summed E-state index contributed by atoms with van der Waals surface area (Å²) in [6.07, 6.45) is 8.91. The van der Waals surface area contributed by atoms with Crippen LogP contribution in [0.15, 0.2) is 21.6 Å². The van der Waals surface area contributed by atoms with Crippen molar-refractivity contribution in [1.82, 2.24) is 0 Å². The molecule has 0 aliphatic carbocycles. The average molecular weight is 515 g/mol. The number of ether oxygens (including phenoxy) is 1. The van der Waals surface area contributed by atoms with Gasteiger partial charge < -0.3 is 9.84 Å². The SMILES string of the molecule is COC(=O)CCCC#C[C@@H](Br)[C@H](O)CCCC/C=C(Br)/C=C\Br. The van der Waals surface area contributed by atoms with Crippen LogP contribution in [0.3, 0.4) is 0 Å². The van der Waals surface area contributed by atoms with Crippen molar-refractivity contribution < 1.29 is 14.6 Å². The van der Waals surface area contributed by atoms with Crippen molar-refractivity contribution in [1.29, 1.82) is 0 Å². The van der Waals surface area contributed by atoms with Gasteiger partial charge in [-0.3, -0.25) is 4.79 Å². The average Bonchev–Trinajstić information content (AvgIpc) is 2.53. The standard InChI is InChI=1S/C17H23Br3O3/c1-23-17(22)11-7-3-5-9-15(20)16(21)10-6-2-4-8-14(19)12-13-18/h8,12-13,15-16,21H,2-4,6-7,10-11H2,1H3/b13-12-,14-8-/t15-,16-/m1/s1. The predicted octanol–water partition coefficient (Wildman–Crippen LogP) is 5.21. The fourth-order valence-corrected chi connectivity index (χ4v) is 3.13. The summed E-state index contributed by atoms with van der Waals surface area (Å²) < 4.78 is 5.61. The molecule has 0 aliphatic rings. The molecule has 130 valence electrons. The fourth-order valence-electron chi connectivity index (χ4n) is 1.70. The number of carbonyl (C=O) groups is 1. The van der Waals surface area contributed by atoms with E-state index in [-0.39, 0.29) is 10.8 Å². The number of carbonyl (C=O) groups excluding carboxylic acids is 1. The Bertz CT molecular complexity index is 450. The van der Waals surface area contributed by atoms with Gasteiger partial charge in [-0.15, -0.1) is 5.92 Å². The molecule has 0 saturated heterocycles. The molecule has 0 aliphatic heterocycles. The Morgan fingerprint density at radius 3 is 2.74 bits per heavy atom. The highest BCUT2D eigenvalue weighted by atomic mass is 79.9. The lowest BCUT2D eigenvalue weighted by atomic mass is 10.1. The molecule has 0 aromatic heterocycles. The first-order valence-corrected chi connectivity index (χ1v) is 10.1. The van der Waals surface area contributed by atoms with Gasteiger partial charge in [0, 0.05) is 17.3 Å². The number of unbranched alkanes of at least 4 members (excludes halogenated alkanes) is 3. The maximum atomic E-state index is 10.9. The minimum Gasteiger partial charge on any atom is -0.469 e. The highest BCUT2D eigenvalue weighted by molar-refractivity contribution is 9.12. The van der Waals surface area contributed by atoms with Gasteiger partial charge in [-0.25, -0.2) is 0 Å². The van der Waals surface area contributed by atoms with Gasteiger partial charge in [-0.05, 0) is 36.7 Å². The number of esters is 1. The van der Waals surface area contributed by atoms with E-state index >= 15 is 0 Å². The number of rotatable bonds is 10. The van der Waals surface area contributed by atoms with Crippen LogP contribution in [0.5, 0.6) is 0 Å². The second kappa shape index (κ2) is 15.4. The Kier molecular flexibility index (Phi) is 15.4. The Morgan fingerprint density at radius 1 is 1.35 bits per heavy atom. The molecule has 0 fully saturated rings. The fraction of sp³-hybridized carbons (Fsp3) is 0.588.